The Morgan fingerprint density at radius 2 is 2.10 bits per heavy atom. The van der Waals surface area contributed by atoms with Gasteiger partial charge in [0.25, 0.3) is 5.91 Å². The lowest BCUT2D eigenvalue weighted by molar-refractivity contribution is -0.150. The van der Waals surface area contributed by atoms with Crippen LogP contribution in [0.1, 0.15) is 29.9 Å². The van der Waals surface area contributed by atoms with Crippen molar-refractivity contribution in [2.24, 2.45) is 11.3 Å². The van der Waals surface area contributed by atoms with Crippen molar-refractivity contribution >= 4 is 55.1 Å². The molecule has 20 heavy (non-hydrogen) atoms. The van der Waals surface area contributed by atoms with E-state index in [1.54, 1.807) is 11.0 Å². The number of carboxylic acid groups (broad SMARTS) is 1. The van der Waals surface area contributed by atoms with Gasteiger partial charge in [0.2, 0.25) is 0 Å². The lowest BCUT2D eigenvalue weighted by atomic mass is 9.76. The number of likely N-dealkylation sites (tertiary alicyclic amines) is 1. The molecule has 1 unspecified atom stereocenters. The maximum Gasteiger partial charge on any atom is 0.311 e. The minimum Gasteiger partial charge on any atom is -0.481 e. The van der Waals surface area contributed by atoms with Crippen molar-refractivity contribution in [3.05, 3.63) is 19.2 Å². The first-order valence-corrected chi connectivity index (χ1v) is 8.65. The Labute approximate surface area is 138 Å². The molecule has 0 saturated carbocycles. The van der Waals surface area contributed by atoms with E-state index in [-0.39, 0.29) is 18.4 Å². The molecule has 1 atom stereocenters. The second-order valence-electron chi connectivity index (χ2n) is 5.32. The SMILES string of the molecule is CC(C)C1(C(=O)O)CCN(C(=O)c2cc(Br)c(Br)s2)C1. The predicted octanol–water partition coefficient (Wildman–Crippen LogP) is 3.85. The molecule has 0 bridgehead atoms. The molecule has 1 saturated heterocycles. The Hall–Kier alpha value is -0.400. The highest BCUT2D eigenvalue weighted by molar-refractivity contribution is 9.13. The molecular formula is C13H15Br2NO3S. The van der Waals surface area contributed by atoms with Gasteiger partial charge in [-0.25, -0.2) is 0 Å². The zero-order valence-electron chi connectivity index (χ0n) is 11.2. The largest absolute Gasteiger partial charge is 0.481 e. The van der Waals surface area contributed by atoms with E-state index >= 15 is 0 Å². The summed E-state index contributed by atoms with van der Waals surface area (Å²) in [6, 6.07) is 1.77. The number of carbonyl (C=O) groups is 2. The summed E-state index contributed by atoms with van der Waals surface area (Å²) in [4.78, 5) is 26.3. The number of carbonyl (C=O) groups excluding carboxylic acids is 1. The number of rotatable bonds is 3. The monoisotopic (exact) mass is 423 g/mol. The zero-order valence-corrected chi connectivity index (χ0v) is 15.1. The van der Waals surface area contributed by atoms with Crippen LogP contribution in [0.3, 0.4) is 0 Å². The van der Waals surface area contributed by atoms with Crippen LogP contribution < -0.4 is 0 Å². The highest BCUT2D eigenvalue weighted by atomic mass is 79.9. The molecule has 1 amide bonds. The van der Waals surface area contributed by atoms with Gasteiger partial charge in [-0.15, -0.1) is 11.3 Å². The second-order valence-corrected chi connectivity index (χ2v) is 8.55. The van der Waals surface area contributed by atoms with Gasteiger partial charge in [-0.05, 0) is 50.3 Å². The van der Waals surface area contributed by atoms with Crippen LogP contribution in [-0.4, -0.2) is 35.0 Å². The third-order valence-electron chi connectivity index (χ3n) is 3.98. The molecule has 1 fully saturated rings. The smallest absolute Gasteiger partial charge is 0.311 e. The van der Waals surface area contributed by atoms with E-state index in [1.807, 2.05) is 13.8 Å². The van der Waals surface area contributed by atoms with Crippen LogP contribution in [0, 0.1) is 11.3 Å². The maximum absolute atomic E-state index is 12.4. The topological polar surface area (TPSA) is 57.6 Å². The van der Waals surface area contributed by atoms with Crippen molar-refractivity contribution in [3.8, 4) is 0 Å². The summed E-state index contributed by atoms with van der Waals surface area (Å²) in [6.07, 6.45) is 0.513. The molecule has 2 heterocycles. The van der Waals surface area contributed by atoms with Gasteiger partial charge >= 0.3 is 5.97 Å². The van der Waals surface area contributed by atoms with Crippen LogP contribution in [0.5, 0.6) is 0 Å². The van der Waals surface area contributed by atoms with Crippen LogP contribution in [0.2, 0.25) is 0 Å². The average Bonchev–Trinajstić information content (AvgIpc) is 2.94. The maximum atomic E-state index is 12.4. The number of aliphatic carboxylic acids is 1. The lowest BCUT2D eigenvalue weighted by Crippen LogP contribution is -2.40. The molecule has 1 aliphatic rings. The fraction of sp³-hybridized carbons (Fsp3) is 0.538. The normalized spacial score (nSPS) is 22.6. The number of thiophene rings is 1. The molecule has 0 aliphatic carbocycles. The van der Waals surface area contributed by atoms with Gasteiger partial charge in [0.1, 0.15) is 0 Å². The number of hydrogen-bond donors (Lipinski definition) is 1. The Morgan fingerprint density at radius 1 is 1.45 bits per heavy atom. The van der Waals surface area contributed by atoms with E-state index in [2.05, 4.69) is 31.9 Å². The van der Waals surface area contributed by atoms with Crippen molar-refractivity contribution < 1.29 is 14.7 Å². The van der Waals surface area contributed by atoms with Crippen LogP contribution in [0.15, 0.2) is 14.3 Å². The van der Waals surface area contributed by atoms with Crippen molar-refractivity contribution in [3.63, 3.8) is 0 Å². The van der Waals surface area contributed by atoms with E-state index in [0.717, 1.165) is 8.26 Å². The minimum atomic E-state index is -0.818. The fourth-order valence-electron chi connectivity index (χ4n) is 2.51. The number of amides is 1. The Kier molecular flexibility index (Phi) is 4.61. The quantitative estimate of drug-likeness (QED) is 0.801. The summed E-state index contributed by atoms with van der Waals surface area (Å²) < 4.78 is 1.71. The fourth-order valence-corrected chi connectivity index (χ4v) is 4.51. The Balaban J connectivity index is 2.20. The summed E-state index contributed by atoms with van der Waals surface area (Å²) in [7, 11) is 0. The van der Waals surface area contributed by atoms with E-state index in [1.165, 1.54) is 11.3 Å². The molecule has 0 radical (unpaired) electrons. The molecule has 0 aromatic carbocycles. The van der Waals surface area contributed by atoms with Gasteiger partial charge in [-0.3, -0.25) is 9.59 Å². The highest BCUT2D eigenvalue weighted by Gasteiger charge is 2.48. The van der Waals surface area contributed by atoms with Crippen LogP contribution >= 0.6 is 43.2 Å². The number of hydrogen-bond acceptors (Lipinski definition) is 3. The minimum absolute atomic E-state index is 0.000363. The first-order chi connectivity index (χ1) is 9.28. The van der Waals surface area contributed by atoms with E-state index < -0.39 is 11.4 Å². The standard InChI is InChI=1S/C13H15Br2NO3S/c1-7(2)13(12(18)19)3-4-16(6-13)11(17)9-5-8(14)10(15)20-9/h5,7H,3-4,6H2,1-2H3,(H,18,19). The third kappa shape index (κ3) is 2.67. The van der Waals surface area contributed by atoms with Crippen LogP contribution in [0.25, 0.3) is 0 Å². The number of halogens is 2. The summed E-state index contributed by atoms with van der Waals surface area (Å²) in [5.74, 6) is -0.902. The molecule has 1 N–H and O–H groups in total. The third-order valence-corrected chi connectivity index (χ3v) is 7.22. The Morgan fingerprint density at radius 3 is 2.50 bits per heavy atom. The van der Waals surface area contributed by atoms with Crippen LogP contribution in [0.4, 0.5) is 0 Å². The highest BCUT2D eigenvalue weighted by Crippen LogP contribution is 2.40. The molecule has 4 nitrogen and oxygen atoms in total. The summed E-state index contributed by atoms with van der Waals surface area (Å²) in [6.45, 7) is 4.59. The van der Waals surface area contributed by atoms with Gasteiger partial charge in [0.15, 0.2) is 0 Å². The number of nitrogens with zero attached hydrogens (tertiary/aromatic N) is 1. The molecule has 1 aromatic rings. The van der Waals surface area contributed by atoms with Gasteiger partial charge in [-0.2, -0.15) is 0 Å². The van der Waals surface area contributed by atoms with Crippen molar-refractivity contribution in [2.75, 3.05) is 13.1 Å². The zero-order chi connectivity index (χ0) is 15.1. The molecule has 1 aromatic heterocycles. The van der Waals surface area contributed by atoms with Crippen molar-refractivity contribution in [2.45, 2.75) is 20.3 Å². The molecule has 1 aliphatic heterocycles. The van der Waals surface area contributed by atoms with Gasteiger partial charge in [0, 0.05) is 17.6 Å². The molecule has 0 spiro atoms. The predicted molar refractivity (Wildman–Crippen MR) is 85.1 cm³/mol. The molecule has 110 valence electrons. The molecule has 2 rings (SSSR count). The number of carboxylic acids is 1. The summed E-state index contributed by atoms with van der Waals surface area (Å²) in [5, 5.41) is 9.50. The van der Waals surface area contributed by atoms with Gasteiger partial charge in [-0.1, -0.05) is 13.8 Å². The van der Waals surface area contributed by atoms with Crippen molar-refractivity contribution in [1.29, 1.82) is 0 Å². The van der Waals surface area contributed by atoms with Gasteiger partial charge < -0.3 is 10.0 Å². The summed E-state index contributed by atoms with van der Waals surface area (Å²) in [5.41, 5.74) is -0.818. The molecular weight excluding hydrogens is 410 g/mol. The first kappa shape index (κ1) is 16.0. The van der Waals surface area contributed by atoms with Crippen molar-refractivity contribution in [1.82, 2.24) is 4.90 Å². The first-order valence-electron chi connectivity index (χ1n) is 6.25. The Bertz CT molecular complexity index is 538. The summed E-state index contributed by atoms with van der Waals surface area (Å²) >= 11 is 8.09. The van der Waals surface area contributed by atoms with E-state index in [9.17, 15) is 14.7 Å². The average molecular weight is 425 g/mol. The van der Waals surface area contributed by atoms with E-state index in [0.29, 0.717) is 17.8 Å². The van der Waals surface area contributed by atoms with Crippen LogP contribution in [-0.2, 0) is 4.79 Å². The van der Waals surface area contributed by atoms with Gasteiger partial charge in [0.05, 0.1) is 14.1 Å². The second kappa shape index (κ2) is 5.77. The molecule has 7 heteroatoms. The lowest BCUT2D eigenvalue weighted by Gasteiger charge is -2.28. The van der Waals surface area contributed by atoms with E-state index in [4.69, 9.17) is 0 Å².